The maximum absolute atomic E-state index is 11.9. The average molecular weight is 232 g/mol. The molecule has 2 rings (SSSR count). The second kappa shape index (κ2) is 4.86. The molecule has 5 nitrogen and oxygen atoms in total. The van der Waals surface area contributed by atoms with Crippen molar-refractivity contribution in [1.82, 2.24) is 20.1 Å². The van der Waals surface area contributed by atoms with Crippen molar-refractivity contribution in [3.05, 3.63) is 41.5 Å². The van der Waals surface area contributed by atoms with Gasteiger partial charge in [0, 0.05) is 30.5 Å². The first-order chi connectivity index (χ1) is 8.22. The van der Waals surface area contributed by atoms with Crippen LogP contribution in [-0.2, 0) is 13.1 Å². The smallest absolute Gasteiger partial charge is 0.268 e. The summed E-state index contributed by atoms with van der Waals surface area (Å²) in [5.74, 6) is -0.0579. The Kier molecular flexibility index (Phi) is 3.27. The number of H-pyrrole nitrogens is 1. The molecule has 90 valence electrons. The van der Waals surface area contributed by atoms with Crippen LogP contribution >= 0.6 is 0 Å². The SMILES string of the molecule is CCn1cccc1C(=O)NCc1cn[nH]c1C. The predicted molar refractivity (Wildman–Crippen MR) is 64.6 cm³/mol. The van der Waals surface area contributed by atoms with Gasteiger partial charge < -0.3 is 9.88 Å². The van der Waals surface area contributed by atoms with Gasteiger partial charge in [-0.2, -0.15) is 5.10 Å². The van der Waals surface area contributed by atoms with E-state index >= 15 is 0 Å². The van der Waals surface area contributed by atoms with E-state index < -0.39 is 0 Å². The van der Waals surface area contributed by atoms with Gasteiger partial charge in [-0.25, -0.2) is 0 Å². The van der Waals surface area contributed by atoms with E-state index in [1.54, 1.807) is 6.20 Å². The van der Waals surface area contributed by atoms with Gasteiger partial charge in [0.15, 0.2) is 0 Å². The van der Waals surface area contributed by atoms with Crippen molar-refractivity contribution >= 4 is 5.91 Å². The Hall–Kier alpha value is -2.04. The first-order valence-corrected chi connectivity index (χ1v) is 5.64. The first kappa shape index (κ1) is 11.4. The Morgan fingerprint density at radius 1 is 1.59 bits per heavy atom. The molecule has 1 amide bonds. The molecule has 0 bridgehead atoms. The van der Waals surface area contributed by atoms with E-state index in [9.17, 15) is 4.79 Å². The normalized spacial score (nSPS) is 10.5. The topological polar surface area (TPSA) is 62.7 Å². The van der Waals surface area contributed by atoms with Gasteiger partial charge in [-0.05, 0) is 26.0 Å². The minimum atomic E-state index is -0.0579. The van der Waals surface area contributed by atoms with Crippen LogP contribution in [0, 0.1) is 6.92 Å². The van der Waals surface area contributed by atoms with Crippen molar-refractivity contribution < 1.29 is 4.79 Å². The summed E-state index contributed by atoms with van der Waals surface area (Å²) in [6, 6.07) is 3.70. The number of aromatic amines is 1. The van der Waals surface area contributed by atoms with Crippen molar-refractivity contribution in [2.45, 2.75) is 26.9 Å². The summed E-state index contributed by atoms with van der Waals surface area (Å²) in [5, 5.41) is 9.64. The van der Waals surface area contributed by atoms with Gasteiger partial charge in [-0.3, -0.25) is 9.89 Å². The Morgan fingerprint density at radius 3 is 3.06 bits per heavy atom. The lowest BCUT2D eigenvalue weighted by Crippen LogP contribution is -2.25. The van der Waals surface area contributed by atoms with Crippen LogP contribution in [0.3, 0.4) is 0 Å². The summed E-state index contributed by atoms with van der Waals surface area (Å²) in [4.78, 5) is 11.9. The van der Waals surface area contributed by atoms with Crippen LogP contribution in [0.2, 0.25) is 0 Å². The largest absolute Gasteiger partial charge is 0.347 e. The molecule has 0 fully saturated rings. The zero-order valence-electron chi connectivity index (χ0n) is 10.0. The quantitative estimate of drug-likeness (QED) is 0.838. The molecule has 0 saturated heterocycles. The van der Waals surface area contributed by atoms with Crippen LogP contribution in [0.25, 0.3) is 0 Å². The fraction of sp³-hybridized carbons (Fsp3) is 0.333. The Morgan fingerprint density at radius 2 is 2.41 bits per heavy atom. The summed E-state index contributed by atoms with van der Waals surface area (Å²) in [5.41, 5.74) is 2.68. The molecule has 0 atom stereocenters. The van der Waals surface area contributed by atoms with Gasteiger partial charge in [-0.15, -0.1) is 0 Å². The van der Waals surface area contributed by atoms with Gasteiger partial charge in [0.2, 0.25) is 0 Å². The van der Waals surface area contributed by atoms with E-state index in [-0.39, 0.29) is 5.91 Å². The van der Waals surface area contributed by atoms with Crippen LogP contribution in [0.1, 0.15) is 28.7 Å². The van der Waals surface area contributed by atoms with Gasteiger partial charge >= 0.3 is 0 Å². The highest BCUT2D eigenvalue weighted by Gasteiger charge is 2.10. The molecule has 0 aliphatic heterocycles. The second-order valence-corrected chi connectivity index (χ2v) is 3.88. The van der Waals surface area contributed by atoms with E-state index in [1.807, 2.05) is 36.7 Å². The van der Waals surface area contributed by atoms with E-state index in [2.05, 4.69) is 15.5 Å². The van der Waals surface area contributed by atoms with Crippen molar-refractivity contribution in [3.8, 4) is 0 Å². The van der Waals surface area contributed by atoms with E-state index in [4.69, 9.17) is 0 Å². The summed E-state index contributed by atoms with van der Waals surface area (Å²) in [7, 11) is 0. The fourth-order valence-electron chi connectivity index (χ4n) is 1.72. The van der Waals surface area contributed by atoms with Crippen LogP contribution < -0.4 is 5.32 Å². The molecule has 2 aromatic rings. The third kappa shape index (κ3) is 2.38. The van der Waals surface area contributed by atoms with Crippen LogP contribution in [-0.4, -0.2) is 20.7 Å². The molecular formula is C12H16N4O. The lowest BCUT2D eigenvalue weighted by atomic mass is 10.2. The molecule has 0 aromatic carbocycles. The highest BCUT2D eigenvalue weighted by atomic mass is 16.1. The number of aromatic nitrogens is 3. The maximum atomic E-state index is 11.9. The molecule has 0 radical (unpaired) electrons. The lowest BCUT2D eigenvalue weighted by Gasteiger charge is -2.07. The third-order valence-electron chi connectivity index (χ3n) is 2.78. The predicted octanol–water partition coefficient (Wildman–Crippen LogP) is 1.47. The molecule has 2 N–H and O–H groups in total. The van der Waals surface area contributed by atoms with E-state index in [0.29, 0.717) is 12.2 Å². The molecule has 0 unspecified atom stereocenters. The summed E-state index contributed by atoms with van der Waals surface area (Å²) < 4.78 is 1.91. The number of nitrogens with one attached hydrogen (secondary N) is 2. The van der Waals surface area contributed by atoms with Crippen LogP contribution in [0.5, 0.6) is 0 Å². The zero-order valence-corrected chi connectivity index (χ0v) is 10.0. The monoisotopic (exact) mass is 232 g/mol. The van der Waals surface area contributed by atoms with Crippen LogP contribution in [0.15, 0.2) is 24.5 Å². The van der Waals surface area contributed by atoms with Crippen molar-refractivity contribution in [2.75, 3.05) is 0 Å². The number of carbonyl (C=O) groups is 1. The van der Waals surface area contributed by atoms with Gasteiger partial charge in [0.05, 0.1) is 6.20 Å². The molecule has 2 heterocycles. The molecule has 0 spiro atoms. The van der Waals surface area contributed by atoms with Crippen LogP contribution in [0.4, 0.5) is 0 Å². The van der Waals surface area contributed by atoms with Gasteiger partial charge in [-0.1, -0.05) is 0 Å². The van der Waals surface area contributed by atoms with Gasteiger partial charge in [0.25, 0.3) is 5.91 Å². The Bertz CT molecular complexity index is 512. The van der Waals surface area contributed by atoms with Crippen molar-refractivity contribution in [1.29, 1.82) is 0 Å². The Balaban J connectivity index is 2.01. The van der Waals surface area contributed by atoms with E-state index in [1.165, 1.54) is 0 Å². The summed E-state index contributed by atoms with van der Waals surface area (Å²) >= 11 is 0. The van der Waals surface area contributed by atoms with Crippen molar-refractivity contribution in [3.63, 3.8) is 0 Å². The molecule has 5 heteroatoms. The fourth-order valence-corrected chi connectivity index (χ4v) is 1.72. The van der Waals surface area contributed by atoms with E-state index in [0.717, 1.165) is 17.8 Å². The highest BCUT2D eigenvalue weighted by molar-refractivity contribution is 5.92. The molecule has 0 saturated carbocycles. The number of nitrogens with zero attached hydrogens (tertiary/aromatic N) is 2. The average Bonchev–Trinajstić information content (AvgIpc) is 2.94. The minimum absolute atomic E-state index is 0.0579. The molecular weight excluding hydrogens is 216 g/mol. The maximum Gasteiger partial charge on any atom is 0.268 e. The minimum Gasteiger partial charge on any atom is -0.347 e. The number of rotatable bonds is 4. The zero-order chi connectivity index (χ0) is 12.3. The first-order valence-electron chi connectivity index (χ1n) is 5.64. The summed E-state index contributed by atoms with van der Waals surface area (Å²) in [6.07, 6.45) is 3.63. The standard InChI is InChI=1S/C12H16N4O/c1-3-16-6-4-5-11(16)12(17)13-7-10-8-14-15-9(10)2/h4-6,8H,3,7H2,1-2H3,(H,13,17)(H,14,15). The molecule has 17 heavy (non-hydrogen) atoms. The number of amides is 1. The number of hydrogen-bond donors (Lipinski definition) is 2. The molecule has 0 aliphatic rings. The number of hydrogen-bond acceptors (Lipinski definition) is 2. The lowest BCUT2D eigenvalue weighted by molar-refractivity contribution is 0.0941. The molecule has 0 aliphatic carbocycles. The Labute approximate surface area is 99.8 Å². The van der Waals surface area contributed by atoms with Crippen molar-refractivity contribution in [2.24, 2.45) is 0 Å². The highest BCUT2D eigenvalue weighted by Crippen LogP contribution is 2.05. The second-order valence-electron chi connectivity index (χ2n) is 3.88. The number of carbonyl (C=O) groups excluding carboxylic acids is 1. The third-order valence-corrected chi connectivity index (χ3v) is 2.78. The summed E-state index contributed by atoms with van der Waals surface area (Å²) in [6.45, 7) is 5.23. The number of aryl methyl sites for hydroxylation is 2. The molecule has 2 aromatic heterocycles. The van der Waals surface area contributed by atoms with Gasteiger partial charge in [0.1, 0.15) is 5.69 Å².